The Morgan fingerprint density at radius 3 is 2.95 bits per heavy atom. The van der Waals surface area contributed by atoms with Gasteiger partial charge in [-0.05, 0) is 6.92 Å². The summed E-state index contributed by atoms with van der Waals surface area (Å²) < 4.78 is 15.2. The molecular formula is C12H17ClO6. The summed E-state index contributed by atoms with van der Waals surface area (Å²) in [6.45, 7) is 1.58. The van der Waals surface area contributed by atoms with Gasteiger partial charge in [-0.25, -0.2) is 4.79 Å². The molecule has 5 atom stereocenters. The fraction of sp³-hybridized carbons (Fsp3) is 0.750. The normalized spacial score (nSPS) is 41.2. The van der Waals surface area contributed by atoms with Crippen LogP contribution in [0.25, 0.3) is 0 Å². The number of hydrogen-bond donors (Lipinski definition) is 2. The lowest BCUT2D eigenvalue weighted by molar-refractivity contribution is -0.186. The second-order valence-electron chi connectivity index (χ2n) is 5.03. The molecular weight excluding hydrogens is 276 g/mol. The van der Waals surface area contributed by atoms with Crippen LogP contribution in [-0.2, 0) is 19.0 Å². The van der Waals surface area contributed by atoms with Gasteiger partial charge in [-0.15, -0.1) is 0 Å². The zero-order chi connectivity index (χ0) is 14.2. The Balaban J connectivity index is 2.36. The molecule has 0 radical (unpaired) electrons. The zero-order valence-electron chi connectivity index (χ0n) is 10.7. The van der Waals surface area contributed by atoms with E-state index in [0.29, 0.717) is 0 Å². The van der Waals surface area contributed by atoms with Crippen molar-refractivity contribution in [3.05, 3.63) is 11.8 Å². The average molecular weight is 293 g/mol. The van der Waals surface area contributed by atoms with E-state index in [2.05, 4.69) is 4.74 Å². The third-order valence-corrected chi connectivity index (χ3v) is 3.90. The van der Waals surface area contributed by atoms with Gasteiger partial charge in [0.25, 0.3) is 0 Å². The molecule has 0 spiro atoms. The van der Waals surface area contributed by atoms with Gasteiger partial charge in [0.1, 0.15) is 6.07 Å². The number of hydrogen-bond acceptors (Lipinski definition) is 6. The minimum Gasteiger partial charge on any atom is -0.471 e. The van der Waals surface area contributed by atoms with Crippen LogP contribution < -0.4 is 0 Å². The molecule has 0 bridgehead atoms. The number of carbonyl (C=O) groups excluding carboxylic acids is 1. The standard InChI is InChI=1S/C12H17ClO6/c1-12(16)3-7(14)8-6(10(15)17-2)4-18-11(9(8)12)19-5-13/h4,7-9,11,14,16H,3,5H2,1-2H3/t7-,8+,9-,11+,12+/m1/s1. The molecule has 2 rings (SSSR count). The van der Waals surface area contributed by atoms with E-state index in [1.807, 2.05) is 0 Å². The quantitative estimate of drug-likeness (QED) is 0.577. The van der Waals surface area contributed by atoms with Crippen molar-refractivity contribution >= 4 is 17.6 Å². The van der Waals surface area contributed by atoms with Gasteiger partial charge in [-0.3, -0.25) is 0 Å². The fourth-order valence-corrected chi connectivity index (χ4v) is 3.11. The number of halogens is 1. The molecule has 2 aliphatic rings. The summed E-state index contributed by atoms with van der Waals surface area (Å²) >= 11 is 5.52. The lowest BCUT2D eigenvalue weighted by Crippen LogP contribution is -2.46. The predicted octanol–water partition coefficient (Wildman–Crippen LogP) is 0.360. The maximum Gasteiger partial charge on any atom is 0.337 e. The van der Waals surface area contributed by atoms with Gasteiger partial charge in [-0.1, -0.05) is 11.6 Å². The number of esters is 1. The number of methoxy groups -OCH3 is 1. The average Bonchev–Trinajstić information content (AvgIpc) is 2.60. The SMILES string of the molecule is COC(=O)C1=CO[C@@H](OCCl)[C@H]2[C@@H]1[C@H](O)C[C@]2(C)O. The van der Waals surface area contributed by atoms with Gasteiger partial charge in [0.15, 0.2) is 0 Å². The van der Waals surface area contributed by atoms with Crippen molar-refractivity contribution in [2.75, 3.05) is 13.2 Å². The molecule has 108 valence electrons. The van der Waals surface area contributed by atoms with E-state index in [1.165, 1.54) is 13.4 Å². The molecule has 0 aromatic rings. The van der Waals surface area contributed by atoms with Crippen LogP contribution in [0.4, 0.5) is 0 Å². The van der Waals surface area contributed by atoms with Gasteiger partial charge < -0.3 is 24.4 Å². The van der Waals surface area contributed by atoms with Crippen LogP contribution in [0.2, 0.25) is 0 Å². The highest BCUT2D eigenvalue weighted by molar-refractivity contribution is 6.17. The first-order chi connectivity index (χ1) is 8.92. The molecule has 0 aromatic carbocycles. The predicted molar refractivity (Wildman–Crippen MR) is 65.0 cm³/mol. The molecule has 0 aromatic heterocycles. The maximum atomic E-state index is 11.7. The van der Waals surface area contributed by atoms with E-state index in [1.54, 1.807) is 6.92 Å². The Kier molecular flexibility index (Phi) is 4.06. The molecule has 19 heavy (non-hydrogen) atoms. The largest absolute Gasteiger partial charge is 0.471 e. The minimum absolute atomic E-state index is 0.110. The number of rotatable bonds is 3. The molecule has 1 aliphatic heterocycles. The van der Waals surface area contributed by atoms with E-state index in [0.717, 1.165) is 0 Å². The summed E-state index contributed by atoms with van der Waals surface area (Å²) in [5, 5.41) is 20.5. The van der Waals surface area contributed by atoms with Crippen LogP contribution in [0, 0.1) is 11.8 Å². The highest BCUT2D eigenvalue weighted by atomic mass is 35.5. The lowest BCUT2D eigenvalue weighted by Gasteiger charge is -2.38. The van der Waals surface area contributed by atoms with E-state index in [9.17, 15) is 15.0 Å². The van der Waals surface area contributed by atoms with E-state index >= 15 is 0 Å². The molecule has 0 saturated heterocycles. The van der Waals surface area contributed by atoms with Gasteiger partial charge in [0, 0.05) is 12.3 Å². The second kappa shape index (κ2) is 5.28. The van der Waals surface area contributed by atoms with Crippen LogP contribution in [0.3, 0.4) is 0 Å². The van der Waals surface area contributed by atoms with Crippen molar-refractivity contribution < 1.29 is 29.2 Å². The summed E-state index contributed by atoms with van der Waals surface area (Å²) in [6.07, 6.45) is -0.324. The lowest BCUT2D eigenvalue weighted by atomic mass is 9.81. The topological polar surface area (TPSA) is 85.2 Å². The van der Waals surface area contributed by atoms with E-state index in [4.69, 9.17) is 21.1 Å². The van der Waals surface area contributed by atoms with Crippen molar-refractivity contribution in [3.8, 4) is 0 Å². The van der Waals surface area contributed by atoms with Crippen molar-refractivity contribution in [2.45, 2.75) is 31.3 Å². The Labute approximate surface area is 115 Å². The molecule has 0 unspecified atom stereocenters. The van der Waals surface area contributed by atoms with Crippen LogP contribution in [0.5, 0.6) is 0 Å². The number of aliphatic hydroxyl groups excluding tert-OH is 1. The molecule has 0 amide bonds. The fourth-order valence-electron chi connectivity index (χ4n) is 2.99. The highest BCUT2D eigenvalue weighted by Crippen LogP contribution is 2.49. The van der Waals surface area contributed by atoms with Crippen LogP contribution >= 0.6 is 11.6 Å². The molecule has 1 aliphatic carbocycles. The first kappa shape index (κ1) is 14.6. The third kappa shape index (κ3) is 2.45. The summed E-state index contributed by atoms with van der Waals surface area (Å²) in [5.41, 5.74) is -1.01. The summed E-state index contributed by atoms with van der Waals surface area (Å²) in [7, 11) is 1.25. The van der Waals surface area contributed by atoms with Gasteiger partial charge in [-0.2, -0.15) is 0 Å². The molecule has 7 heteroatoms. The Hall–Kier alpha value is -0.820. The van der Waals surface area contributed by atoms with Crippen molar-refractivity contribution in [1.29, 1.82) is 0 Å². The van der Waals surface area contributed by atoms with E-state index in [-0.39, 0.29) is 18.1 Å². The monoisotopic (exact) mass is 292 g/mol. The number of fused-ring (bicyclic) bond motifs is 1. The maximum absolute atomic E-state index is 11.7. The number of carbonyl (C=O) groups is 1. The summed E-state index contributed by atoms with van der Waals surface area (Å²) in [5.74, 6) is -1.76. The molecule has 1 fully saturated rings. The Morgan fingerprint density at radius 2 is 2.37 bits per heavy atom. The van der Waals surface area contributed by atoms with Gasteiger partial charge >= 0.3 is 5.97 Å². The second-order valence-corrected chi connectivity index (χ2v) is 5.24. The highest BCUT2D eigenvalue weighted by Gasteiger charge is 2.58. The van der Waals surface area contributed by atoms with Gasteiger partial charge in [0.2, 0.25) is 6.29 Å². The van der Waals surface area contributed by atoms with Crippen LogP contribution in [0.1, 0.15) is 13.3 Å². The van der Waals surface area contributed by atoms with Crippen LogP contribution in [0.15, 0.2) is 11.8 Å². The zero-order valence-corrected chi connectivity index (χ0v) is 11.5. The van der Waals surface area contributed by atoms with Crippen LogP contribution in [-0.4, -0.2) is 47.4 Å². The van der Waals surface area contributed by atoms with Crippen molar-refractivity contribution in [1.82, 2.24) is 0 Å². The number of ether oxygens (including phenoxy) is 3. The smallest absolute Gasteiger partial charge is 0.337 e. The molecule has 6 nitrogen and oxygen atoms in total. The summed E-state index contributed by atoms with van der Waals surface area (Å²) in [4.78, 5) is 11.7. The Morgan fingerprint density at radius 1 is 1.68 bits per heavy atom. The van der Waals surface area contributed by atoms with Crippen molar-refractivity contribution in [3.63, 3.8) is 0 Å². The number of aliphatic hydroxyl groups is 2. The minimum atomic E-state index is -1.21. The Bertz CT molecular complexity index is 394. The first-order valence-electron chi connectivity index (χ1n) is 5.94. The molecule has 1 heterocycles. The first-order valence-corrected chi connectivity index (χ1v) is 6.47. The molecule has 2 N–H and O–H groups in total. The van der Waals surface area contributed by atoms with E-state index < -0.39 is 35.8 Å². The third-order valence-electron chi connectivity index (χ3n) is 3.77. The van der Waals surface area contributed by atoms with Gasteiger partial charge in [0.05, 0.1) is 36.6 Å². The number of alkyl halides is 1. The molecule has 1 saturated carbocycles. The van der Waals surface area contributed by atoms with Crippen molar-refractivity contribution in [2.24, 2.45) is 11.8 Å². The summed E-state index contributed by atoms with van der Waals surface area (Å²) in [6, 6.07) is -0.110.